The van der Waals surface area contributed by atoms with Crippen LogP contribution in [0.15, 0.2) is 78.9 Å². The van der Waals surface area contributed by atoms with Crippen LogP contribution in [-0.2, 0) is 4.79 Å². The number of nitrogen functional groups attached to an aromatic ring is 1. The number of para-hydroxylation sites is 1. The fourth-order valence-corrected chi connectivity index (χ4v) is 2.71. The topological polar surface area (TPSA) is 113 Å². The number of carboxylic acids is 1. The molecule has 146 valence electrons. The van der Waals surface area contributed by atoms with Crippen LogP contribution in [0.2, 0.25) is 0 Å². The van der Waals surface area contributed by atoms with Gasteiger partial charge in [0.05, 0.1) is 0 Å². The molecule has 0 fully saturated rings. The average molecular weight is 389 g/mol. The molecule has 0 saturated heterocycles. The van der Waals surface area contributed by atoms with Gasteiger partial charge in [-0.25, -0.2) is 0 Å². The number of benzene rings is 3. The molecule has 3 aromatic carbocycles. The molecule has 7 nitrogen and oxygen atoms in total. The molecule has 0 aliphatic rings. The number of hydrogen-bond donors (Lipinski definition) is 3. The van der Waals surface area contributed by atoms with Crippen LogP contribution < -0.4 is 16.0 Å². The summed E-state index contributed by atoms with van der Waals surface area (Å²) >= 11 is 0. The van der Waals surface area contributed by atoms with Gasteiger partial charge in [-0.15, -0.1) is 0 Å². The van der Waals surface area contributed by atoms with E-state index >= 15 is 0 Å². The summed E-state index contributed by atoms with van der Waals surface area (Å²) in [4.78, 5) is 37.5. The fourth-order valence-electron chi connectivity index (χ4n) is 2.71. The van der Waals surface area contributed by atoms with Crippen LogP contribution in [0.5, 0.6) is 0 Å². The monoisotopic (exact) mass is 389 g/mol. The van der Waals surface area contributed by atoms with Gasteiger partial charge in [0.2, 0.25) is 0 Å². The van der Waals surface area contributed by atoms with E-state index in [0.29, 0.717) is 28.2 Å². The number of nitrogens with one attached hydrogen (secondary N) is 1. The van der Waals surface area contributed by atoms with Crippen molar-refractivity contribution in [3.63, 3.8) is 0 Å². The maximum Gasteiger partial charge on any atom is 0.323 e. The third-order valence-corrected chi connectivity index (χ3v) is 4.17. The lowest BCUT2D eigenvalue weighted by atomic mass is 10.1. The van der Waals surface area contributed by atoms with Gasteiger partial charge in [-0.2, -0.15) is 0 Å². The molecule has 0 saturated carbocycles. The standard InChI is InChI=1S/C22H19N3O4/c23-17-10-6-15(7-11-17)21(28)24-18-12-8-16(9-13-18)22(29)25(14-20(26)27)19-4-2-1-3-5-19/h1-13H,14,23H2,(H,24,28)(H,26,27). The molecule has 4 N–H and O–H groups in total. The van der Waals surface area contributed by atoms with Crippen molar-refractivity contribution in [2.75, 3.05) is 22.5 Å². The van der Waals surface area contributed by atoms with Crippen LogP contribution in [0.3, 0.4) is 0 Å². The highest BCUT2D eigenvalue weighted by Gasteiger charge is 2.20. The Hall–Kier alpha value is -4.13. The molecular weight excluding hydrogens is 370 g/mol. The van der Waals surface area contributed by atoms with Gasteiger partial charge >= 0.3 is 5.97 Å². The second-order valence-corrected chi connectivity index (χ2v) is 6.27. The van der Waals surface area contributed by atoms with Gasteiger partial charge in [0.25, 0.3) is 11.8 Å². The van der Waals surface area contributed by atoms with Gasteiger partial charge in [0.15, 0.2) is 0 Å². The highest BCUT2D eigenvalue weighted by Crippen LogP contribution is 2.19. The van der Waals surface area contributed by atoms with Gasteiger partial charge in [-0.05, 0) is 60.7 Å². The summed E-state index contributed by atoms with van der Waals surface area (Å²) < 4.78 is 0. The zero-order valence-electron chi connectivity index (χ0n) is 15.4. The van der Waals surface area contributed by atoms with Crippen LogP contribution in [0, 0.1) is 0 Å². The highest BCUT2D eigenvalue weighted by molar-refractivity contribution is 6.09. The first-order chi connectivity index (χ1) is 13.9. The van der Waals surface area contributed by atoms with E-state index in [0.717, 1.165) is 0 Å². The smallest absolute Gasteiger partial charge is 0.323 e. The number of rotatable bonds is 6. The Morgan fingerprint density at radius 3 is 2.00 bits per heavy atom. The summed E-state index contributed by atoms with van der Waals surface area (Å²) in [5.74, 6) is -1.87. The largest absolute Gasteiger partial charge is 0.480 e. The Bertz CT molecular complexity index is 1020. The van der Waals surface area contributed by atoms with Crippen molar-refractivity contribution in [1.82, 2.24) is 0 Å². The van der Waals surface area contributed by atoms with Crippen molar-refractivity contribution in [3.05, 3.63) is 90.0 Å². The maximum absolute atomic E-state index is 12.8. The minimum Gasteiger partial charge on any atom is -0.480 e. The first-order valence-electron chi connectivity index (χ1n) is 8.80. The zero-order valence-corrected chi connectivity index (χ0v) is 15.4. The number of nitrogens with two attached hydrogens (primary N) is 1. The molecular formula is C22H19N3O4. The summed E-state index contributed by atoms with van der Waals surface area (Å²) in [6.45, 7) is -0.460. The SMILES string of the molecule is Nc1ccc(C(=O)Nc2ccc(C(=O)N(CC(=O)O)c3ccccc3)cc2)cc1. The Labute approximate surface area is 167 Å². The molecule has 3 aromatic rings. The third-order valence-electron chi connectivity index (χ3n) is 4.17. The van der Waals surface area contributed by atoms with Gasteiger partial charge in [-0.3, -0.25) is 19.3 Å². The number of carbonyl (C=O) groups excluding carboxylic acids is 2. The minimum absolute atomic E-state index is 0.305. The van der Waals surface area contributed by atoms with E-state index in [2.05, 4.69) is 5.32 Å². The first-order valence-corrected chi connectivity index (χ1v) is 8.80. The quantitative estimate of drug-likeness (QED) is 0.560. The summed E-state index contributed by atoms with van der Waals surface area (Å²) in [5, 5.41) is 11.9. The van der Waals surface area contributed by atoms with Gasteiger partial charge in [-0.1, -0.05) is 18.2 Å². The molecule has 3 rings (SSSR count). The number of anilines is 3. The summed E-state index contributed by atoms with van der Waals surface area (Å²) in [6.07, 6.45) is 0. The predicted octanol–water partition coefficient (Wildman–Crippen LogP) is 3.25. The van der Waals surface area contributed by atoms with Crippen molar-refractivity contribution in [2.24, 2.45) is 0 Å². The molecule has 0 heterocycles. The van der Waals surface area contributed by atoms with Crippen molar-refractivity contribution in [3.8, 4) is 0 Å². The molecule has 0 unspecified atom stereocenters. The van der Waals surface area contributed by atoms with Crippen molar-refractivity contribution in [2.45, 2.75) is 0 Å². The lowest BCUT2D eigenvalue weighted by Crippen LogP contribution is -2.35. The molecule has 0 radical (unpaired) electrons. The van der Waals surface area contributed by atoms with Crippen molar-refractivity contribution < 1.29 is 19.5 Å². The Kier molecular flexibility index (Phi) is 5.89. The van der Waals surface area contributed by atoms with Crippen molar-refractivity contribution >= 4 is 34.8 Å². The second-order valence-electron chi connectivity index (χ2n) is 6.27. The lowest BCUT2D eigenvalue weighted by Gasteiger charge is -2.21. The predicted molar refractivity (Wildman–Crippen MR) is 111 cm³/mol. The second kappa shape index (κ2) is 8.71. The number of amides is 2. The number of carbonyl (C=O) groups is 3. The van der Waals surface area contributed by atoms with Crippen LogP contribution >= 0.6 is 0 Å². The first kappa shape index (κ1) is 19.6. The molecule has 0 spiro atoms. The number of aliphatic carboxylic acids is 1. The van der Waals surface area contributed by atoms with Crippen LogP contribution in [0.25, 0.3) is 0 Å². The molecule has 0 atom stereocenters. The number of carboxylic acid groups (broad SMARTS) is 1. The number of hydrogen-bond acceptors (Lipinski definition) is 4. The van der Waals surface area contributed by atoms with E-state index in [1.807, 2.05) is 0 Å². The van der Waals surface area contributed by atoms with E-state index in [9.17, 15) is 14.4 Å². The fraction of sp³-hybridized carbons (Fsp3) is 0.0455. The lowest BCUT2D eigenvalue weighted by molar-refractivity contribution is -0.135. The van der Waals surface area contributed by atoms with Crippen LogP contribution in [0.1, 0.15) is 20.7 Å². The average Bonchev–Trinajstić information content (AvgIpc) is 2.73. The van der Waals surface area contributed by atoms with E-state index in [4.69, 9.17) is 10.8 Å². The molecule has 0 aromatic heterocycles. The summed E-state index contributed by atoms with van der Waals surface area (Å²) in [6, 6.07) is 21.3. The normalized spacial score (nSPS) is 10.2. The molecule has 0 aliphatic heterocycles. The summed E-state index contributed by atoms with van der Waals surface area (Å²) in [7, 11) is 0. The van der Waals surface area contributed by atoms with E-state index < -0.39 is 18.4 Å². The van der Waals surface area contributed by atoms with Gasteiger partial charge in [0.1, 0.15) is 6.54 Å². The molecule has 2 amide bonds. The van der Waals surface area contributed by atoms with Gasteiger partial charge < -0.3 is 16.2 Å². The highest BCUT2D eigenvalue weighted by atomic mass is 16.4. The zero-order chi connectivity index (χ0) is 20.8. The Morgan fingerprint density at radius 1 is 0.828 bits per heavy atom. The van der Waals surface area contributed by atoms with E-state index in [-0.39, 0.29) is 5.91 Å². The van der Waals surface area contributed by atoms with Crippen LogP contribution in [-0.4, -0.2) is 29.4 Å². The van der Waals surface area contributed by atoms with Crippen molar-refractivity contribution in [1.29, 1.82) is 0 Å². The molecule has 0 bridgehead atoms. The van der Waals surface area contributed by atoms with Crippen LogP contribution in [0.4, 0.5) is 17.1 Å². The minimum atomic E-state index is -1.12. The number of nitrogens with zero attached hydrogens (tertiary/aromatic N) is 1. The molecule has 7 heteroatoms. The third kappa shape index (κ3) is 4.98. The maximum atomic E-state index is 12.8. The summed E-state index contributed by atoms with van der Waals surface area (Å²) in [5.41, 5.74) is 7.93. The Balaban J connectivity index is 1.75. The molecule has 29 heavy (non-hydrogen) atoms. The Morgan fingerprint density at radius 2 is 1.41 bits per heavy atom. The molecule has 0 aliphatic carbocycles. The van der Waals surface area contributed by atoms with E-state index in [1.54, 1.807) is 78.9 Å². The van der Waals surface area contributed by atoms with E-state index in [1.165, 1.54) is 4.90 Å². The van der Waals surface area contributed by atoms with Gasteiger partial charge in [0, 0.05) is 28.2 Å².